The molecule has 1 aromatic rings. The monoisotopic (exact) mass is 227 g/mol. The van der Waals surface area contributed by atoms with Gasteiger partial charge in [-0.25, -0.2) is 0 Å². The molecule has 0 saturated heterocycles. The Morgan fingerprint density at radius 1 is 1.40 bits per heavy atom. The Bertz CT molecular complexity index is 301. The molecule has 15 heavy (non-hydrogen) atoms. The number of rotatable bonds is 4. The van der Waals surface area contributed by atoms with E-state index in [9.17, 15) is 0 Å². The Hall–Kier alpha value is -0.380. The zero-order valence-corrected chi connectivity index (χ0v) is 10.8. The highest BCUT2D eigenvalue weighted by molar-refractivity contribution is 7.12. The Balaban J connectivity index is 2.54. The van der Waals surface area contributed by atoms with Gasteiger partial charge in [-0.05, 0) is 24.5 Å². The molecule has 0 aliphatic carbocycles. The molecule has 0 radical (unpaired) electrons. The highest BCUT2D eigenvalue weighted by atomic mass is 32.1. The highest BCUT2D eigenvalue weighted by Gasteiger charge is 2.15. The maximum Gasteiger partial charge on any atom is 0.0582 e. The van der Waals surface area contributed by atoms with Gasteiger partial charge >= 0.3 is 0 Å². The van der Waals surface area contributed by atoms with Gasteiger partial charge in [0.2, 0.25) is 0 Å². The van der Waals surface area contributed by atoms with Gasteiger partial charge in [-0.15, -0.1) is 11.3 Å². The fourth-order valence-corrected chi connectivity index (χ4v) is 2.23. The first-order chi connectivity index (χ1) is 6.93. The molecule has 2 nitrogen and oxygen atoms in total. The summed E-state index contributed by atoms with van der Waals surface area (Å²) in [6, 6.07) is 4.54. The molecule has 1 heterocycles. The van der Waals surface area contributed by atoms with E-state index in [1.54, 1.807) is 0 Å². The molecule has 2 N–H and O–H groups in total. The van der Waals surface area contributed by atoms with Crippen LogP contribution in [0.15, 0.2) is 12.1 Å². The minimum Gasteiger partial charge on any atom is -0.395 e. The van der Waals surface area contributed by atoms with Crippen LogP contribution in [0.25, 0.3) is 0 Å². The van der Waals surface area contributed by atoms with Crippen LogP contribution in [0.4, 0.5) is 0 Å². The fraction of sp³-hybridized carbons (Fsp3) is 0.667. The van der Waals surface area contributed by atoms with E-state index >= 15 is 0 Å². The zero-order valence-electron chi connectivity index (χ0n) is 10.0. The summed E-state index contributed by atoms with van der Waals surface area (Å²) >= 11 is 1.85. The van der Waals surface area contributed by atoms with Gasteiger partial charge in [0.1, 0.15) is 0 Å². The molecular formula is C12H21NOS. The van der Waals surface area contributed by atoms with E-state index in [-0.39, 0.29) is 18.1 Å². The maximum absolute atomic E-state index is 8.89. The number of hydrogen-bond donors (Lipinski definition) is 2. The lowest BCUT2D eigenvalue weighted by molar-refractivity contribution is 0.251. The molecule has 86 valence electrons. The molecule has 1 aromatic heterocycles. The van der Waals surface area contributed by atoms with Crippen LogP contribution in [0.1, 0.15) is 37.4 Å². The number of thiophene rings is 1. The number of hydrogen-bond acceptors (Lipinski definition) is 3. The van der Waals surface area contributed by atoms with Crippen molar-refractivity contribution < 1.29 is 5.11 Å². The van der Waals surface area contributed by atoms with E-state index < -0.39 is 0 Å². The normalized spacial score (nSPS) is 14.2. The molecule has 0 amide bonds. The average molecular weight is 227 g/mol. The minimum absolute atomic E-state index is 0.171. The summed E-state index contributed by atoms with van der Waals surface area (Å²) in [6.45, 7) is 9.71. The number of aliphatic hydroxyl groups excluding tert-OH is 1. The van der Waals surface area contributed by atoms with Crippen molar-refractivity contribution in [1.29, 1.82) is 0 Å². The van der Waals surface area contributed by atoms with E-state index in [1.807, 2.05) is 18.3 Å². The molecule has 1 atom stereocenters. The van der Waals surface area contributed by atoms with Crippen molar-refractivity contribution in [3.8, 4) is 0 Å². The topological polar surface area (TPSA) is 32.3 Å². The van der Waals surface area contributed by atoms with Crippen LogP contribution < -0.4 is 5.32 Å². The van der Waals surface area contributed by atoms with Crippen molar-refractivity contribution in [1.82, 2.24) is 5.32 Å². The van der Waals surface area contributed by atoms with Crippen LogP contribution >= 0.6 is 11.3 Å². The average Bonchev–Trinajstić information content (AvgIpc) is 2.61. The lowest BCUT2D eigenvalue weighted by Gasteiger charge is -2.15. The van der Waals surface area contributed by atoms with Crippen LogP contribution in [-0.2, 0) is 12.0 Å². The van der Waals surface area contributed by atoms with Gasteiger partial charge in [0.25, 0.3) is 0 Å². The maximum atomic E-state index is 8.89. The number of aliphatic hydroxyl groups is 1. The summed E-state index contributed by atoms with van der Waals surface area (Å²) in [5.74, 6) is 0. The summed E-state index contributed by atoms with van der Waals surface area (Å²) in [7, 11) is 0. The summed E-state index contributed by atoms with van der Waals surface area (Å²) in [6.07, 6.45) is 0. The summed E-state index contributed by atoms with van der Waals surface area (Å²) in [5, 5.41) is 12.2. The zero-order chi connectivity index (χ0) is 11.5. The predicted octanol–water partition coefficient (Wildman–Crippen LogP) is 2.52. The molecular weight excluding hydrogens is 206 g/mol. The SMILES string of the molecule is C[C@@H](CO)NCc1ccc(C(C)(C)C)s1. The second-order valence-electron chi connectivity index (χ2n) is 4.98. The summed E-state index contributed by atoms with van der Waals surface area (Å²) in [4.78, 5) is 2.75. The standard InChI is InChI=1S/C12H21NOS/c1-9(8-14)13-7-10-5-6-11(15-10)12(2,3)4/h5-6,9,13-14H,7-8H2,1-4H3/t9-/m0/s1. The van der Waals surface area contributed by atoms with Crippen molar-refractivity contribution in [2.24, 2.45) is 0 Å². The molecule has 0 fully saturated rings. The predicted molar refractivity (Wildman–Crippen MR) is 66.4 cm³/mol. The molecule has 1 rings (SSSR count). The van der Waals surface area contributed by atoms with E-state index in [0.717, 1.165) is 6.54 Å². The summed E-state index contributed by atoms with van der Waals surface area (Å²) < 4.78 is 0. The Morgan fingerprint density at radius 2 is 2.07 bits per heavy atom. The molecule has 3 heteroatoms. The smallest absolute Gasteiger partial charge is 0.0582 e. The van der Waals surface area contributed by atoms with Gasteiger partial charge in [-0.2, -0.15) is 0 Å². The van der Waals surface area contributed by atoms with Gasteiger partial charge in [-0.3, -0.25) is 0 Å². The highest BCUT2D eigenvalue weighted by Crippen LogP contribution is 2.29. The Morgan fingerprint density at radius 3 is 2.53 bits per heavy atom. The van der Waals surface area contributed by atoms with Crippen molar-refractivity contribution in [2.45, 2.75) is 45.7 Å². The van der Waals surface area contributed by atoms with Crippen LogP contribution in [0.3, 0.4) is 0 Å². The minimum atomic E-state index is 0.171. The van der Waals surface area contributed by atoms with Crippen molar-refractivity contribution in [3.05, 3.63) is 21.9 Å². The molecule has 0 bridgehead atoms. The lowest BCUT2D eigenvalue weighted by Crippen LogP contribution is -2.28. The molecule has 0 aromatic carbocycles. The van der Waals surface area contributed by atoms with Crippen LogP contribution in [0, 0.1) is 0 Å². The second-order valence-corrected chi connectivity index (χ2v) is 6.15. The van der Waals surface area contributed by atoms with Crippen LogP contribution in [-0.4, -0.2) is 17.8 Å². The van der Waals surface area contributed by atoms with E-state index in [0.29, 0.717) is 0 Å². The summed E-state index contributed by atoms with van der Waals surface area (Å²) in [5.41, 5.74) is 0.242. The largest absolute Gasteiger partial charge is 0.395 e. The molecule has 0 spiro atoms. The third-order valence-electron chi connectivity index (χ3n) is 2.30. The lowest BCUT2D eigenvalue weighted by atomic mass is 9.95. The first-order valence-electron chi connectivity index (χ1n) is 5.37. The molecule has 0 aliphatic rings. The van der Waals surface area contributed by atoms with Crippen LogP contribution in [0.5, 0.6) is 0 Å². The van der Waals surface area contributed by atoms with Crippen LogP contribution in [0.2, 0.25) is 0 Å². The van der Waals surface area contributed by atoms with Gasteiger partial charge < -0.3 is 10.4 Å². The van der Waals surface area contributed by atoms with Crippen molar-refractivity contribution >= 4 is 11.3 Å². The van der Waals surface area contributed by atoms with E-state index in [2.05, 4.69) is 38.2 Å². The van der Waals surface area contributed by atoms with Gasteiger partial charge in [-0.1, -0.05) is 20.8 Å². The Labute approximate surface area is 96.3 Å². The fourth-order valence-electron chi connectivity index (χ4n) is 1.22. The van der Waals surface area contributed by atoms with Gasteiger partial charge in [0.15, 0.2) is 0 Å². The molecule has 0 unspecified atom stereocenters. The van der Waals surface area contributed by atoms with Gasteiger partial charge in [0, 0.05) is 22.3 Å². The van der Waals surface area contributed by atoms with Crippen molar-refractivity contribution in [2.75, 3.05) is 6.61 Å². The first-order valence-corrected chi connectivity index (χ1v) is 6.18. The molecule has 0 aliphatic heterocycles. The van der Waals surface area contributed by atoms with Gasteiger partial charge in [0.05, 0.1) is 6.61 Å². The Kier molecular flexibility index (Phi) is 4.32. The second kappa shape index (κ2) is 5.10. The quantitative estimate of drug-likeness (QED) is 0.828. The van der Waals surface area contributed by atoms with E-state index in [1.165, 1.54) is 9.75 Å². The number of nitrogens with one attached hydrogen (secondary N) is 1. The van der Waals surface area contributed by atoms with Crippen molar-refractivity contribution in [3.63, 3.8) is 0 Å². The third kappa shape index (κ3) is 3.93. The first kappa shape index (κ1) is 12.7. The van der Waals surface area contributed by atoms with E-state index in [4.69, 9.17) is 5.11 Å². The third-order valence-corrected chi connectivity index (χ3v) is 3.81. The molecule has 0 saturated carbocycles.